The highest BCUT2D eigenvalue weighted by Crippen LogP contribution is 1.99. The Morgan fingerprint density at radius 1 is 0.720 bits per heavy atom. The molecule has 0 spiro atoms. The number of carbonyl (C=O) groups excluding carboxylic acids is 2. The third-order valence-corrected chi connectivity index (χ3v) is 3.31. The second kappa shape index (κ2) is 19.9. The smallest absolute Gasteiger partial charge is 0.293 e. The van der Waals surface area contributed by atoms with Crippen molar-refractivity contribution in [1.29, 1.82) is 0 Å². The minimum Gasteiger partial charge on any atom is -0.467 e. The summed E-state index contributed by atoms with van der Waals surface area (Å²) in [6.45, 7) is 2.70. The van der Waals surface area contributed by atoms with Crippen LogP contribution < -0.4 is 0 Å². The standard InChI is InChI=1S/C22H32O3/c1-2-3-4-5-6-7-8-9-10-11-12-13-14-15-16-17-18-22(24)19-20-25-21-23/h3-4,6-7,9-10,12-13,15-16,21H,2,5,8,11,14,17-20H2,1H3/b4-3-,7-6-,10-9-,13-12-,16-15-. The zero-order valence-electron chi connectivity index (χ0n) is 15.4. The molecule has 0 bridgehead atoms. The fourth-order valence-electron chi connectivity index (χ4n) is 1.96. The van der Waals surface area contributed by atoms with Crippen molar-refractivity contribution in [2.24, 2.45) is 0 Å². The maximum atomic E-state index is 11.4. The lowest BCUT2D eigenvalue weighted by atomic mass is 10.1. The van der Waals surface area contributed by atoms with Crippen molar-refractivity contribution in [1.82, 2.24) is 0 Å². The van der Waals surface area contributed by atoms with E-state index < -0.39 is 0 Å². The molecule has 0 saturated carbocycles. The maximum Gasteiger partial charge on any atom is 0.293 e. The third kappa shape index (κ3) is 19.8. The van der Waals surface area contributed by atoms with Gasteiger partial charge in [0, 0.05) is 12.8 Å². The van der Waals surface area contributed by atoms with Crippen molar-refractivity contribution in [3.05, 3.63) is 60.8 Å². The average Bonchev–Trinajstić information content (AvgIpc) is 2.61. The normalized spacial score (nSPS) is 12.4. The molecule has 0 atom stereocenters. The average molecular weight is 344 g/mol. The van der Waals surface area contributed by atoms with Crippen LogP contribution in [-0.2, 0) is 14.3 Å². The molecule has 0 rings (SSSR count). The second-order valence-corrected chi connectivity index (χ2v) is 5.50. The van der Waals surface area contributed by atoms with Gasteiger partial charge >= 0.3 is 0 Å². The lowest BCUT2D eigenvalue weighted by molar-refractivity contribution is -0.130. The van der Waals surface area contributed by atoms with Gasteiger partial charge in [-0.2, -0.15) is 0 Å². The summed E-state index contributed by atoms with van der Waals surface area (Å²) in [5.41, 5.74) is 0. The predicted octanol–water partition coefficient (Wildman–Crippen LogP) is 5.65. The molecule has 3 nitrogen and oxygen atoms in total. The van der Waals surface area contributed by atoms with Gasteiger partial charge < -0.3 is 4.74 Å². The summed E-state index contributed by atoms with van der Waals surface area (Å²) in [7, 11) is 0. The minimum absolute atomic E-state index is 0.127. The van der Waals surface area contributed by atoms with Crippen LogP contribution >= 0.6 is 0 Å². The van der Waals surface area contributed by atoms with Crippen LogP contribution in [0, 0.1) is 0 Å². The quantitative estimate of drug-likeness (QED) is 0.206. The summed E-state index contributed by atoms with van der Waals surface area (Å²) in [5, 5.41) is 0. The Morgan fingerprint density at radius 3 is 1.68 bits per heavy atom. The van der Waals surface area contributed by atoms with Gasteiger partial charge in [0.1, 0.15) is 5.78 Å². The summed E-state index contributed by atoms with van der Waals surface area (Å²) in [6.07, 6.45) is 28.0. The van der Waals surface area contributed by atoms with E-state index in [1.54, 1.807) is 0 Å². The first kappa shape index (κ1) is 22.8. The van der Waals surface area contributed by atoms with Gasteiger partial charge in [0.25, 0.3) is 6.47 Å². The summed E-state index contributed by atoms with van der Waals surface area (Å²) in [5.74, 6) is 0.127. The summed E-state index contributed by atoms with van der Waals surface area (Å²) >= 11 is 0. The first-order valence-electron chi connectivity index (χ1n) is 9.13. The van der Waals surface area contributed by atoms with Crippen LogP contribution in [0.1, 0.15) is 58.3 Å². The Bertz CT molecular complexity index is 468. The lowest BCUT2D eigenvalue weighted by Crippen LogP contribution is -2.02. The number of ether oxygens (including phenoxy) is 1. The van der Waals surface area contributed by atoms with E-state index in [2.05, 4.69) is 66.3 Å². The van der Waals surface area contributed by atoms with Crippen molar-refractivity contribution in [3.8, 4) is 0 Å². The van der Waals surface area contributed by atoms with Crippen LogP contribution in [0.15, 0.2) is 60.8 Å². The van der Waals surface area contributed by atoms with E-state index in [1.165, 1.54) is 0 Å². The van der Waals surface area contributed by atoms with Gasteiger partial charge in [-0.3, -0.25) is 9.59 Å². The lowest BCUT2D eigenvalue weighted by Gasteiger charge is -1.97. The van der Waals surface area contributed by atoms with Gasteiger partial charge in [-0.05, 0) is 38.5 Å². The van der Waals surface area contributed by atoms with Gasteiger partial charge in [-0.1, -0.05) is 67.7 Å². The van der Waals surface area contributed by atoms with Crippen LogP contribution in [0.25, 0.3) is 0 Å². The van der Waals surface area contributed by atoms with Crippen LogP contribution in [0.5, 0.6) is 0 Å². The number of hydrogen-bond acceptors (Lipinski definition) is 3. The highest BCUT2D eigenvalue weighted by molar-refractivity contribution is 5.78. The maximum absolute atomic E-state index is 11.4. The fraction of sp³-hybridized carbons (Fsp3) is 0.455. The molecule has 3 heteroatoms. The molecule has 0 amide bonds. The molecule has 0 aliphatic carbocycles. The molecule has 0 radical (unpaired) electrons. The number of hydrogen-bond donors (Lipinski definition) is 0. The number of allylic oxidation sites excluding steroid dienone is 10. The van der Waals surface area contributed by atoms with Gasteiger partial charge in [-0.25, -0.2) is 0 Å². The van der Waals surface area contributed by atoms with Gasteiger partial charge in [0.2, 0.25) is 0 Å². The number of Topliss-reactive ketones (excluding diaryl/α,β-unsaturated/α-hetero) is 1. The highest BCUT2D eigenvalue weighted by atomic mass is 16.5. The van der Waals surface area contributed by atoms with E-state index in [0.717, 1.165) is 38.5 Å². The summed E-state index contributed by atoms with van der Waals surface area (Å²) in [6, 6.07) is 0. The zero-order valence-corrected chi connectivity index (χ0v) is 15.4. The third-order valence-electron chi connectivity index (χ3n) is 3.31. The van der Waals surface area contributed by atoms with Crippen molar-refractivity contribution in [2.75, 3.05) is 6.61 Å². The second-order valence-electron chi connectivity index (χ2n) is 5.50. The topological polar surface area (TPSA) is 43.4 Å². The van der Waals surface area contributed by atoms with Crippen molar-refractivity contribution in [3.63, 3.8) is 0 Å². The Morgan fingerprint density at radius 2 is 1.20 bits per heavy atom. The Balaban J connectivity index is 3.53. The monoisotopic (exact) mass is 344 g/mol. The highest BCUT2D eigenvalue weighted by Gasteiger charge is 1.99. The summed E-state index contributed by atoms with van der Waals surface area (Å²) < 4.78 is 4.50. The Hall–Kier alpha value is -2.16. The predicted molar refractivity (Wildman–Crippen MR) is 105 cm³/mol. The first-order chi connectivity index (χ1) is 12.3. The van der Waals surface area contributed by atoms with E-state index in [9.17, 15) is 9.59 Å². The Labute approximate surface area is 152 Å². The van der Waals surface area contributed by atoms with Gasteiger partial charge in [0.15, 0.2) is 0 Å². The minimum atomic E-state index is 0.127. The molecule has 0 aromatic heterocycles. The van der Waals surface area contributed by atoms with Crippen LogP contribution in [0.2, 0.25) is 0 Å². The largest absolute Gasteiger partial charge is 0.467 e. The molecule has 0 aromatic carbocycles. The molecule has 0 saturated heterocycles. The van der Waals surface area contributed by atoms with Crippen molar-refractivity contribution >= 4 is 12.3 Å². The van der Waals surface area contributed by atoms with E-state index in [1.807, 2.05) is 6.08 Å². The van der Waals surface area contributed by atoms with E-state index >= 15 is 0 Å². The van der Waals surface area contributed by atoms with E-state index in [-0.39, 0.29) is 12.4 Å². The molecule has 25 heavy (non-hydrogen) atoms. The summed E-state index contributed by atoms with van der Waals surface area (Å²) in [4.78, 5) is 21.3. The van der Waals surface area contributed by atoms with E-state index in [4.69, 9.17) is 0 Å². The molecular formula is C22H32O3. The zero-order chi connectivity index (χ0) is 18.4. The molecule has 0 fully saturated rings. The van der Waals surface area contributed by atoms with Gasteiger partial charge in [0.05, 0.1) is 6.61 Å². The Kier molecular flexibility index (Phi) is 18.2. The number of ketones is 1. The van der Waals surface area contributed by atoms with Crippen LogP contribution in [-0.4, -0.2) is 18.9 Å². The fourth-order valence-corrected chi connectivity index (χ4v) is 1.96. The van der Waals surface area contributed by atoms with Crippen LogP contribution in [0.3, 0.4) is 0 Å². The van der Waals surface area contributed by atoms with Gasteiger partial charge in [-0.15, -0.1) is 0 Å². The molecular weight excluding hydrogens is 312 g/mol. The number of carbonyl (C=O) groups is 2. The molecule has 0 N–H and O–H groups in total. The van der Waals surface area contributed by atoms with Crippen molar-refractivity contribution < 1.29 is 14.3 Å². The first-order valence-corrected chi connectivity index (χ1v) is 9.13. The van der Waals surface area contributed by atoms with Crippen LogP contribution in [0.4, 0.5) is 0 Å². The number of rotatable bonds is 16. The molecule has 138 valence electrons. The SMILES string of the molecule is CC/C=C\C/C=C\C/C=C\C/C=C\C/C=C\CCC(=O)CCOC=O. The molecule has 0 unspecified atom stereocenters. The molecule has 0 aliphatic heterocycles. The molecule has 0 aromatic rings. The molecule has 0 heterocycles. The van der Waals surface area contributed by atoms with Crippen molar-refractivity contribution in [2.45, 2.75) is 58.3 Å². The molecule has 0 aliphatic rings. The van der Waals surface area contributed by atoms with E-state index in [0.29, 0.717) is 19.3 Å².